The number of hydrogen-bond acceptors (Lipinski definition) is 4. The Morgan fingerprint density at radius 1 is 1.45 bits per heavy atom. The first-order valence-corrected chi connectivity index (χ1v) is 8.45. The third-order valence-corrected chi connectivity index (χ3v) is 4.45. The molecule has 0 saturated carbocycles. The molecule has 0 amide bonds. The summed E-state index contributed by atoms with van der Waals surface area (Å²) in [6, 6.07) is -0.402. The summed E-state index contributed by atoms with van der Waals surface area (Å²) < 4.78 is 20.0. The SMILES string of the molecule is C=N/C(C)=C\C(=C/C)[C@H](CC(=O)OCC)N[S@@](=O)C(C)(C)C. The van der Waals surface area contributed by atoms with E-state index in [1.165, 1.54) is 0 Å². The van der Waals surface area contributed by atoms with Gasteiger partial charge in [0.25, 0.3) is 0 Å². The Hall–Kier alpha value is -1.27. The first-order chi connectivity index (χ1) is 10.1. The highest BCUT2D eigenvalue weighted by Crippen LogP contribution is 2.17. The van der Waals surface area contributed by atoms with Gasteiger partial charge >= 0.3 is 5.97 Å². The van der Waals surface area contributed by atoms with Crippen molar-refractivity contribution >= 4 is 23.7 Å². The summed E-state index contributed by atoms with van der Waals surface area (Å²) in [4.78, 5) is 15.7. The molecule has 0 unspecified atom stereocenters. The van der Waals surface area contributed by atoms with E-state index in [4.69, 9.17) is 4.74 Å². The maximum absolute atomic E-state index is 12.4. The standard InChI is InChI=1S/C16H28N2O3S/c1-8-13(10-12(3)17-7)14(11-15(19)21-9-2)18-22(20)16(4,5)6/h8,10,14,18H,7,9,11H2,1-6H3/b12-10-,13-8+/t14-,22-/m0/s1. The Morgan fingerprint density at radius 2 is 2.05 bits per heavy atom. The van der Waals surface area contributed by atoms with Crippen LogP contribution in [0, 0.1) is 0 Å². The summed E-state index contributed by atoms with van der Waals surface area (Å²) in [6.45, 7) is 14.9. The number of rotatable bonds is 8. The monoisotopic (exact) mass is 328 g/mol. The van der Waals surface area contributed by atoms with E-state index in [1.807, 2.05) is 46.8 Å². The minimum absolute atomic E-state index is 0.107. The summed E-state index contributed by atoms with van der Waals surface area (Å²) in [5, 5.41) is 0. The molecule has 1 N–H and O–H groups in total. The minimum Gasteiger partial charge on any atom is -0.466 e. The van der Waals surface area contributed by atoms with Crippen molar-refractivity contribution < 1.29 is 13.7 Å². The number of ether oxygens (including phenoxy) is 1. The minimum atomic E-state index is -1.30. The molecule has 0 fully saturated rings. The third kappa shape index (κ3) is 7.66. The number of hydrogen-bond donors (Lipinski definition) is 1. The van der Waals surface area contributed by atoms with Crippen LogP contribution in [0.15, 0.2) is 28.4 Å². The van der Waals surface area contributed by atoms with Crippen molar-refractivity contribution in [1.82, 2.24) is 4.72 Å². The molecule has 22 heavy (non-hydrogen) atoms. The molecule has 126 valence electrons. The van der Waals surface area contributed by atoms with E-state index in [2.05, 4.69) is 16.4 Å². The Labute approximate surface area is 136 Å². The molecule has 0 aliphatic heterocycles. The number of aliphatic imine (C=N–C) groups is 1. The lowest BCUT2D eigenvalue weighted by atomic mass is 10.0. The van der Waals surface area contributed by atoms with Crippen LogP contribution in [-0.2, 0) is 20.5 Å². The van der Waals surface area contributed by atoms with Crippen LogP contribution in [0.1, 0.15) is 48.0 Å². The molecule has 0 saturated heterocycles. The molecule has 0 aliphatic rings. The molecular formula is C16H28N2O3S. The third-order valence-electron chi connectivity index (χ3n) is 2.84. The summed E-state index contributed by atoms with van der Waals surface area (Å²) in [5.74, 6) is -0.331. The van der Waals surface area contributed by atoms with Gasteiger partial charge in [-0.25, -0.2) is 8.93 Å². The van der Waals surface area contributed by atoms with Crippen LogP contribution < -0.4 is 4.72 Å². The molecule has 0 heterocycles. The molecule has 6 heteroatoms. The van der Waals surface area contributed by atoms with Gasteiger partial charge in [-0.15, -0.1) is 0 Å². The molecular weight excluding hydrogens is 300 g/mol. The van der Waals surface area contributed by atoms with Crippen molar-refractivity contribution in [3.63, 3.8) is 0 Å². The Morgan fingerprint density at radius 3 is 2.45 bits per heavy atom. The lowest BCUT2D eigenvalue weighted by Crippen LogP contribution is -2.41. The van der Waals surface area contributed by atoms with Crippen molar-refractivity contribution in [2.75, 3.05) is 6.61 Å². The molecule has 0 aliphatic carbocycles. The van der Waals surface area contributed by atoms with Crippen molar-refractivity contribution in [2.45, 2.75) is 58.8 Å². The van der Waals surface area contributed by atoms with Gasteiger partial charge in [-0.2, -0.15) is 0 Å². The molecule has 0 aromatic rings. The Kier molecular flexibility index (Phi) is 9.13. The van der Waals surface area contributed by atoms with E-state index in [9.17, 15) is 9.00 Å². The zero-order chi connectivity index (χ0) is 17.3. The first-order valence-electron chi connectivity index (χ1n) is 7.30. The highest BCUT2D eigenvalue weighted by molar-refractivity contribution is 7.84. The molecule has 5 nitrogen and oxygen atoms in total. The van der Waals surface area contributed by atoms with Crippen LogP contribution in [-0.4, -0.2) is 34.3 Å². The first kappa shape index (κ1) is 20.7. The predicted octanol–water partition coefficient (Wildman–Crippen LogP) is 2.91. The van der Waals surface area contributed by atoms with E-state index < -0.39 is 21.8 Å². The van der Waals surface area contributed by atoms with Crippen molar-refractivity contribution in [2.24, 2.45) is 4.99 Å². The number of carbonyl (C=O) groups excluding carboxylic acids is 1. The fourth-order valence-electron chi connectivity index (χ4n) is 1.59. The second-order valence-corrected chi connectivity index (χ2v) is 7.79. The summed E-state index contributed by atoms with van der Waals surface area (Å²) >= 11 is 0. The van der Waals surface area contributed by atoms with E-state index in [-0.39, 0.29) is 12.4 Å². The fraction of sp³-hybridized carbons (Fsp3) is 0.625. The molecule has 0 rings (SSSR count). The van der Waals surface area contributed by atoms with Gasteiger partial charge in [0.15, 0.2) is 0 Å². The van der Waals surface area contributed by atoms with Gasteiger partial charge in [-0.3, -0.25) is 9.79 Å². The van der Waals surface area contributed by atoms with Gasteiger partial charge in [0.2, 0.25) is 0 Å². The Balaban J connectivity index is 5.35. The largest absolute Gasteiger partial charge is 0.466 e. The molecule has 0 radical (unpaired) electrons. The Bertz CT molecular complexity index is 476. The van der Waals surface area contributed by atoms with Gasteiger partial charge in [0.1, 0.15) is 0 Å². The highest BCUT2D eigenvalue weighted by atomic mass is 32.2. The zero-order valence-corrected chi connectivity index (χ0v) is 15.3. The second-order valence-electron chi connectivity index (χ2n) is 5.79. The van der Waals surface area contributed by atoms with E-state index in [0.717, 1.165) is 11.3 Å². The molecule has 0 spiro atoms. The van der Waals surface area contributed by atoms with Crippen LogP contribution in [0.4, 0.5) is 0 Å². The summed E-state index contributed by atoms with van der Waals surface area (Å²) in [6.07, 6.45) is 3.80. The molecule has 0 bridgehead atoms. The van der Waals surface area contributed by atoms with Crippen molar-refractivity contribution in [1.29, 1.82) is 0 Å². The number of esters is 1. The number of nitrogens with one attached hydrogen (secondary N) is 1. The number of allylic oxidation sites excluding steroid dienone is 2. The topological polar surface area (TPSA) is 67.8 Å². The number of carbonyl (C=O) groups is 1. The van der Waals surface area contributed by atoms with Crippen LogP contribution >= 0.6 is 0 Å². The predicted molar refractivity (Wildman–Crippen MR) is 93.1 cm³/mol. The maximum atomic E-state index is 12.4. The lowest BCUT2D eigenvalue weighted by molar-refractivity contribution is -0.143. The van der Waals surface area contributed by atoms with Crippen LogP contribution in [0.5, 0.6) is 0 Å². The lowest BCUT2D eigenvalue weighted by Gasteiger charge is -2.24. The fourth-order valence-corrected chi connectivity index (χ4v) is 2.42. The van der Waals surface area contributed by atoms with E-state index in [1.54, 1.807) is 6.92 Å². The van der Waals surface area contributed by atoms with Crippen molar-refractivity contribution in [3.8, 4) is 0 Å². The smallest absolute Gasteiger partial charge is 0.307 e. The summed E-state index contributed by atoms with van der Waals surface area (Å²) in [5.41, 5.74) is 1.56. The van der Waals surface area contributed by atoms with Crippen LogP contribution in [0.25, 0.3) is 0 Å². The number of nitrogens with zero attached hydrogens (tertiary/aromatic N) is 1. The highest BCUT2D eigenvalue weighted by Gasteiger charge is 2.26. The van der Waals surface area contributed by atoms with Gasteiger partial charge in [-0.1, -0.05) is 6.08 Å². The van der Waals surface area contributed by atoms with E-state index in [0.29, 0.717) is 6.61 Å². The van der Waals surface area contributed by atoms with Crippen LogP contribution in [0.2, 0.25) is 0 Å². The molecule has 2 atom stereocenters. The average Bonchev–Trinajstić information content (AvgIpc) is 2.42. The van der Waals surface area contributed by atoms with Gasteiger partial charge < -0.3 is 4.74 Å². The normalized spacial score (nSPS) is 16.1. The quantitative estimate of drug-likeness (QED) is 0.423. The maximum Gasteiger partial charge on any atom is 0.307 e. The van der Waals surface area contributed by atoms with Gasteiger partial charge in [0.05, 0.1) is 34.8 Å². The van der Waals surface area contributed by atoms with E-state index >= 15 is 0 Å². The summed E-state index contributed by atoms with van der Waals surface area (Å²) in [7, 11) is -1.30. The van der Waals surface area contributed by atoms with Gasteiger partial charge in [-0.05, 0) is 59.9 Å². The zero-order valence-electron chi connectivity index (χ0n) is 14.4. The van der Waals surface area contributed by atoms with Gasteiger partial charge in [0, 0.05) is 5.70 Å². The van der Waals surface area contributed by atoms with Crippen molar-refractivity contribution in [3.05, 3.63) is 23.4 Å². The second kappa shape index (κ2) is 9.69. The van der Waals surface area contributed by atoms with Crippen LogP contribution in [0.3, 0.4) is 0 Å². The molecule has 0 aromatic heterocycles. The molecule has 0 aromatic carbocycles. The average molecular weight is 328 g/mol.